The number of guanidine groups is 1. The summed E-state index contributed by atoms with van der Waals surface area (Å²) >= 11 is 0. The summed E-state index contributed by atoms with van der Waals surface area (Å²) in [4.78, 5) is 4.35. The molecule has 3 rings (SSSR count). The second-order valence-electron chi connectivity index (χ2n) is 7.53. The van der Waals surface area contributed by atoms with E-state index in [4.69, 9.17) is 14.2 Å². The zero-order chi connectivity index (χ0) is 21.3. The van der Waals surface area contributed by atoms with Gasteiger partial charge in [-0.05, 0) is 49.6 Å². The fourth-order valence-electron chi connectivity index (χ4n) is 3.43. The van der Waals surface area contributed by atoms with Crippen LogP contribution >= 0.6 is 0 Å². The van der Waals surface area contributed by atoms with Crippen LogP contribution in [0.2, 0.25) is 0 Å². The van der Waals surface area contributed by atoms with Crippen LogP contribution in [-0.2, 0) is 17.8 Å². The highest BCUT2D eigenvalue weighted by Gasteiger charge is 2.18. The Morgan fingerprint density at radius 2 is 1.93 bits per heavy atom. The molecule has 0 radical (unpaired) electrons. The van der Waals surface area contributed by atoms with Gasteiger partial charge in [0.2, 0.25) is 0 Å². The number of aliphatic imine (C=N–C) groups is 1. The van der Waals surface area contributed by atoms with Gasteiger partial charge in [0.1, 0.15) is 17.6 Å². The lowest BCUT2D eigenvalue weighted by Crippen LogP contribution is -2.36. The molecule has 162 valence electrons. The summed E-state index contributed by atoms with van der Waals surface area (Å²) in [5.41, 5.74) is 4.60. The third-order valence-electron chi connectivity index (χ3n) is 5.07. The maximum Gasteiger partial charge on any atom is 0.191 e. The van der Waals surface area contributed by atoms with E-state index < -0.39 is 0 Å². The van der Waals surface area contributed by atoms with Crippen molar-refractivity contribution >= 4 is 5.96 Å². The van der Waals surface area contributed by atoms with E-state index in [-0.39, 0.29) is 6.10 Å². The zero-order valence-corrected chi connectivity index (χ0v) is 18.5. The van der Waals surface area contributed by atoms with Crippen molar-refractivity contribution in [2.24, 2.45) is 4.99 Å². The minimum Gasteiger partial charge on any atom is -0.494 e. The number of hydrogen-bond donors (Lipinski definition) is 2. The zero-order valence-electron chi connectivity index (χ0n) is 18.5. The van der Waals surface area contributed by atoms with Crippen LogP contribution in [0.1, 0.15) is 35.6 Å². The predicted octanol–water partition coefficient (Wildman–Crippen LogP) is 3.74. The molecule has 1 atom stereocenters. The minimum atomic E-state index is 0.130. The second kappa shape index (κ2) is 10.9. The topological polar surface area (TPSA) is 64.1 Å². The molecular formula is C24H33N3O3. The highest BCUT2D eigenvalue weighted by atomic mass is 16.5. The molecule has 2 aromatic carbocycles. The number of nitrogens with zero attached hydrogens (tertiary/aromatic N) is 1. The van der Waals surface area contributed by atoms with Crippen LogP contribution in [0.3, 0.4) is 0 Å². The van der Waals surface area contributed by atoms with Crippen LogP contribution in [0.25, 0.3) is 0 Å². The van der Waals surface area contributed by atoms with E-state index in [0.29, 0.717) is 26.3 Å². The van der Waals surface area contributed by atoms with Crippen LogP contribution in [0.4, 0.5) is 0 Å². The molecule has 0 spiro atoms. The van der Waals surface area contributed by atoms with E-state index in [9.17, 15) is 0 Å². The first-order chi connectivity index (χ1) is 14.6. The van der Waals surface area contributed by atoms with E-state index in [0.717, 1.165) is 41.6 Å². The van der Waals surface area contributed by atoms with Gasteiger partial charge in [-0.15, -0.1) is 0 Å². The fourth-order valence-corrected chi connectivity index (χ4v) is 3.43. The van der Waals surface area contributed by atoms with Crippen molar-refractivity contribution in [1.82, 2.24) is 10.6 Å². The monoisotopic (exact) mass is 411 g/mol. The van der Waals surface area contributed by atoms with Gasteiger partial charge < -0.3 is 24.8 Å². The van der Waals surface area contributed by atoms with Crippen molar-refractivity contribution in [1.29, 1.82) is 0 Å². The van der Waals surface area contributed by atoms with Gasteiger partial charge >= 0.3 is 0 Å². The van der Waals surface area contributed by atoms with E-state index in [1.807, 2.05) is 13.0 Å². The molecule has 2 aromatic rings. The predicted molar refractivity (Wildman–Crippen MR) is 120 cm³/mol. The first-order valence-corrected chi connectivity index (χ1v) is 10.6. The summed E-state index contributed by atoms with van der Waals surface area (Å²) in [5.74, 6) is 2.59. The Labute approximate surface area is 179 Å². The van der Waals surface area contributed by atoms with Crippen LogP contribution in [0.15, 0.2) is 41.4 Å². The third-order valence-corrected chi connectivity index (χ3v) is 5.07. The molecule has 0 saturated carbocycles. The van der Waals surface area contributed by atoms with Crippen molar-refractivity contribution in [3.63, 3.8) is 0 Å². The standard InChI is InChI=1S/C24H33N3O3/c1-5-29-22-9-7-19(13-18(22)3)14-26-24(25-4)27-15-20-8-6-17(2)12-23(20)30-21-10-11-28-16-21/h6-9,12-13,21H,5,10-11,14-16H2,1-4H3,(H2,25,26,27). The molecule has 1 fully saturated rings. The molecule has 1 saturated heterocycles. The molecule has 1 aliphatic rings. The van der Waals surface area contributed by atoms with Gasteiger partial charge in [0.05, 0.1) is 19.8 Å². The van der Waals surface area contributed by atoms with Gasteiger partial charge in [0.15, 0.2) is 5.96 Å². The van der Waals surface area contributed by atoms with Gasteiger partial charge in [-0.3, -0.25) is 4.99 Å². The molecule has 2 N–H and O–H groups in total. The van der Waals surface area contributed by atoms with Crippen molar-refractivity contribution in [2.45, 2.75) is 46.4 Å². The largest absolute Gasteiger partial charge is 0.494 e. The molecule has 0 aromatic heterocycles. The summed E-state index contributed by atoms with van der Waals surface area (Å²) < 4.78 is 17.2. The maximum absolute atomic E-state index is 6.19. The van der Waals surface area contributed by atoms with Crippen LogP contribution < -0.4 is 20.1 Å². The Kier molecular flexibility index (Phi) is 7.97. The highest BCUT2D eigenvalue weighted by Crippen LogP contribution is 2.24. The van der Waals surface area contributed by atoms with Crippen LogP contribution in [-0.4, -0.2) is 38.9 Å². The SMILES string of the molecule is CCOc1ccc(CNC(=NC)NCc2ccc(C)cc2OC2CCOC2)cc1C. The minimum absolute atomic E-state index is 0.130. The smallest absolute Gasteiger partial charge is 0.191 e. The summed E-state index contributed by atoms with van der Waals surface area (Å²) in [7, 11) is 1.78. The van der Waals surface area contributed by atoms with E-state index in [1.54, 1.807) is 7.05 Å². The Morgan fingerprint density at radius 1 is 1.10 bits per heavy atom. The van der Waals surface area contributed by atoms with Crippen LogP contribution in [0.5, 0.6) is 11.5 Å². The number of rotatable bonds is 8. The average Bonchev–Trinajstić information content (AvgIpc) is 3.24. The van der Waals surface area contributed by atoms with Crippen molar-refractivity contribution in [3.8, 4) is 11.5 Å². The first-order valence-electron chi connectivity index (χ1n) is 10.6. The van der Waals surface area contributed by atoms with E-state index in [2.05, 4.69) is 59.8 Å². The van der Waals surface area contributed by atoms with Crippen molar-refractivity contribution in [3.05, 3.63) is 58.7 Å². The number of benzene rings is 2. The number of hydrogen-bond acceptors (Lipinski definition) is 4. The summed E-state index contributed by atoms with van der Waals surface area (Å²) in [6, 6.07) is 12.5. The van der Waals surface area contributed by atoms with Gasteiger partial charge in [-0.1, -0.05) is 24.3 Å². The molecule has 6 heteroatoms. The fraction of sp³-hybridized carbons (Fsp3) is 0.458. The molecule has 0 bridgehead atoms. The summed E-state index contributed by atoms with van der Waals surface area (Å²) in [5, 5.41) is 6.77. The lowest BCUT2D eigenvalue weighted by Gasteiger charge is -2.18. The highest BCUT2D eigenvalue weighted by molar-refractivity contribution is 5.79. The van der Waals surface area contributed by atoms with E-state index >= 15 is 0 Å². The van der Waals surface area contributed by atoms with Crippen molar-refractivity contribution < 1.29 is 14.2 Å². The normalized spacial score (nSPS) is 16.4. The van der Waals surface area contributed by atoms with Crippen molar-refractivity contribution in [2.75, 3.05) is 26.9 Å². The Morgan fingerprint density at radius 3 is 2.63 bits per heavy atom. The molecule has 1 heterocycles. The molecule has 0 amide bonds. The molecular weight excluding hydrogens is 378 g/mol. The quantitative estimate of drug-likeness (QED) is 0.512. The Bertz CT molecular complexity index is 861. The number of nitrogens with one attached hydrogen (secondary N) is 2. The summed E-state index contributed by atoms with van der Waals surface area (Å²) in [6.45, 7) is 9.56. The van der Waals surface area contributed by atoms with Gasteiger partial charge in [0, 0.05) is 32.1 Å². The van der Waals surface area contributed by atoms with E-state index in [1.165, 1.54) is 11.1 Å². The lowest BCUT2D eigenvalue weighted by molar-refractivity contribution is 0.140. The number of ether oxygens (including phenoxy) is 3. The van der Waals surface area contributed by atoms with Crippen LogP contribution in [0, 0.1) is 13.8 Å². The lowest BCUT2D eigenvalue weighted by atomic mass is 10.1. The van der Waals surface area contributed by atoms with Gasteiger partial charge in [-0.25, -0.2) is 0 Å². The molecule has 1 aliphatic heterocycles. The first kappa shape index (κ1) is 22.0. The summed E-state index contributed by atoms with van der Waals surface area (Å²) in [6.07, 6.45) is 1.07. The Balaban J connectivity index is 1.57. The Hall–Kier alpha value is -2.73. The molecule has 1 unspecified atom stereocenters. The van der Waals surface area contributed by atoms with Gasteiger partial charge in [-0.2, -0.15) is 0 Å². The maximum atomic E-state index is 6.19. The molecule has 30 heavy (non-hydrogen) atoms. The second-order valence-corrected chi connectivity index (χ2v) is 7.53. The molecule has 6 nitrogen and oxygen atoms in total. The van der Waals surface area contributed by atoms with Gasteiger partial charge in [0.25, 0.3) is 0 Å². The number of aryl methyl sites for hydroxylation is 2. The average molecular weight is 412 g/mol. The molecule has 0 aliphatic carbocycles. The third kappa shape index (κ3) is 6.13.